The van der Waals surface area contributed by atoms with Crippen LogP contribution in [0.5, 0.6) is 0 Å². The molecule has 0 saturated carbocycles. The summed E-state index contributed by atoms with van der Waals surface area (Å²) in [7, 11) is 0. The number of rotatable bonds is 4. The van der Waals surface area contributed by atoms with Crippen molar-refractivity contribution in [1.29, 1.82) is 0 Å². The Morgan fingerprint density at radius 2 is 0.684 bits per heavy atom. The number of fused-ring (bicyclic) bond motifs is 11. The van der Waals surface area contributed by atoms with Crippen molar-refractivity contribution in [2.45, 2.75) is 0 Å². The van der Waals surface area contributed by atoms with Crippen LogP contribution in [0.25, 0.3) is 115 Å². The first-order valence-corrected chi connectivity index (χ1v) is 19.8. The zero-order valence-electron chi connectivity index (χ0n) is 31.2. The first kappa shape index (κ1) is 31.8. The van der Waals surface area contributed by atoms with Gasteiger partial charge >= 0.3 is 0 Å². The van der Waals surface area contributed by atoms with E-state index in [4.69, 9.17) is 0 Å². The Morgan fingerprint density at radius 3 is 1.33 bits per heavy atom. The van der Waals surface area contributed by atoms with E-state index in [1.807, 2.05) is 0 Å². The van der Waals surface area contributed by atoms with Gasteiger partial charge in [-0.25, -0.2) is 0 Å². The number of hydrogen-bond donors (Lipinski definition) is 0. The molecule has 0 aliphatic carbocycles. The highest BCUT2D eigenvalue weighted by molar-refractivity contribution is 6.32. The van der Waals surface area contributed by atoms with Gasteiger partial charge in [-0.2, -0.15) is 0 Å². The third-order valence-electron chi connectivity index (χ3n) is 12.1. The average molecular weight is 722 g/mol. The first-order valence-electron chi connectivity index (χ1n) is 19.8. The van der Waals surface area contributed by atoms with Gasteiger partial charge < -0.3 is 4.57 Å². The summed E-state index contributed by atoms with van der Waals surface area (Å²) >= 11 is 0. The van der Waals surface area contributed by atoms with E-state index in [1.165, 1.54) is 109 Å². The molecule has 0 aliphatic heterocycles. The van der Waals surface area contributed by atoms with Gasteiger partial charge in [-0.1, -0.05) is 182 Å². The van der Waals surface area contributed by atoms with Crippen molar-refractivity contribution < 1.29 is 0 Å². The maximum absolute atomic E-state index is 2.50. The second-order valence-electron chi connectivity index (χ2n) is 15.2. The van der Waals surface area contributed by atoms with Gasteiger partial charge in [0.05, 0.1) is 11.0 Å². The topological polar surface area (TPSA) is 4.93 Å². The standard InChI is InChI=1S/C56H35N/c1-2-18-40(19-3-1)57-53-34-51(38-31-29-37(30-32-38)50-33-39-16-5-7-21-42(39)43-22-8-9-23-45(43)50)46-24-10-12-26-48(46)55(53)56-49-27-13-11-25-47(49)52(35-54(56)57)44-28-14-17-36-15-4-6-20-41(36)44/h1-35H. The fraction of sp³-hybridized carbons (Fsp3) is 0. The van der Waals surface area contributed by atoms with Crippen LogP contribution in [0.1, 0.15) is 0 Å². The van der Waals surface area contributed by atoms with Crippen LogP contribution in [0.15, 0.2) is 212 Å². The van der Waals surface area contributed by atoms with E-state index in [9.17, 15) is 0 Å². The summed E-state index contributed by atoms with van der Waals surface area (Å²) in [5.74, 6) is 0. The molecule has 0 saturated heterocycles. The maximum Gasteiger partial charge on any atom is 0.0553 e. The van der Waals surface area contributed by atoms with Crippen molar-refractivity contribution in [3.63, 3.8) is 0 Å². The number of benzene rings is 11. The number of hydrogen-bond acceptors (Lipinski definition) is 0. The summed E-state index contributed by atoms with van der Waals surface area (Å²) in [6.45, 7) is 0. The molecule has 0 amide bonds. The van der Waals surface area contributed by atoms with Crippen molar-refractivity contribution in [1.82, 2.24) is 4.57 Å². The Hall–Kier alpha value is -7.48. The molecule has 0 fully saturated rings. The molecule has 0 unspecified atom stereocenters. The minimum Gasteiger partial charge on any atom is -0.309 e. The van der Waals surface area contributed by atoms with E-state index in [0.717, 1.165) is 5.69 Å². The summed E-state index contributed by atoms with van der Waals surface area (Å²) in [5.41, 5.74) is 11.0. The van der Waals surface area contributed by atoms with Gasteiger partial charge in [-0.05, 0) is 118 Å². The lowest BCUT2D eigenvalue weighted by atomic mass is 9.89. The second kappa shape index (κ2) is 12.5. The number of aromatic nitrogens is 1. The molecule has 1 nitrogen and oxygen atoms in total. The molecule has 264 valence electrons. The van der Waals surface area contributed by atoms with E-state index in [1.54, 1.807) is 0 Å². The normalized spacial score (nSPS) is 11.9. The van der Waals surface area contributed by atoms with E-state index < -0.39 is 0 Å². The third-order valence-corrected chi connectivity index (χ3v) is 12.1. The van der Waals surface area contributed by atoms with Crippen LogP contribution in [0, 0.1) is 0 Å². The Balaban J connectivity index is 1.15. The highest BCUT2D eigenvalue weighted by Gasteiger charge is 2.22. The summed E-state index contributed by atoms with van der Waals surface area (Å²) in [6.07, 6.45) is 0. The van der Waals surface area contributed by atoms with Crippen molar-refractivity contribution in [2.24, 2.45) is 0 Å². The number of nitrogens with zero attached hydrogens (tertiary/aromatic N) is 1. The van der Waals surface area contributed by atoms with Gasteiger partial charge in [-0.15, -0.1) is 0 Å². The Kier molecular flexibility index (Phi) is 7.00. The lowest BCUT2D eigenvalue weighted by Crippen LogP contribution is -1.95. The van der Waals surface area contributed by atoms with Crippen LogP contribution in [-0.4, -0.2) is 4.57 Å². The Labute approximate surface area is 330 Å². The van der Waals surface area contributed by atoms with Gasteiger partial charge in [-0.3, -0.25) is 0 Å². The molecule has 1 heterocycles. The van der Waals surface area contributed by atoms with Gasteiger partial charge in [0.25, 0.3) is 0 Å². The van der Waals surface area contributed by atoms with Crippen LogP contribution < -0.4 is 0 Å². The molecule has 0 N–H and O–H groups in total. The molecule has 1 heteroatoms. The van der Waals surface area contributed by atoms with Crippen molar-refractivity contribution in [2.75, 3.05) is 0 Å². The monoisotopic (exact) mass is 721 g/mol. The molecule has 0 radical (unpaired) electrons. The van der Waals surface area contributed by atoms with Crippen LogP contribution in [0.4, 0.5) is 0 Å². The molecule has 1 aromatic heterocycles. The fourth-order valence-corrected chi connectivity index (χ4v) is 9.63. The molecule has 0 atom stereocenters. The predicted octanol–water partition coefficient (Wildman–Crippen LogP) is 15.6. The maximum atomic E-state index is 2.50. The zero-order chi connectivity index (χ0) is 37.5. The Morgan fingerprint density at radius 1 is 0.246 bits per heavy atom. The molecule has 0 spiro atoms. The minimum atomic E-state index is 1.15. The molecular weight excluding hydrogens is 687 g/mol. The second-order valence-corrected chi connectivity index (χ2v) is 15.2. The smallest absolute Gasteiger partial charge is 0.0553 e. The largest absolute Gasteiger partial charge is 0.309 e. The van der Waals surface area contributed by atoms with Crippen molar-refractivity contribution >= 4 is 75.7 Å². The average Bonchev–Trinajstić information content (AvgIpc) is 3.63. The molecule has 12 aromatic rings. The van der Waals surface area contributed by atoms with Crippen LogP contribution >= 0.6 is 0 Å². The molecule has 0 bridgehead atoms. The van der Waals surface area contributed by atoms with E-state index in [2.05, 4.69) is 217 Å². The predicted molar refractivity (Wildman–Crippen MR) is 245 cm³/mol. The van der Waals surface area contributed by atoms with Crippen LogP contribution in [0.3, 0.4) is 0 Å². The highest BCUT2D eigenvalue weighted by Crippen LogP contribution is 2.47. The first-order chi connectivity index (χ1) is 28.3. The summed E-state index contributed by atoms with van der Waals surface area (Å²) in [6, 6.07) is 78.3. The lowest BCUT2D eigenvalue weighted by Gasteiger charge is -2.14. The number of para-hydroxylation sites is 1. The van der Waals surface area contributed by atoms with Gasteiger partial charge in [0.15, 0.2) is 0 Å². The van der Waals surface area contributed by atoms with Crippen molar-refractivity contribution in [3.8, 4) is 39.1 Å². The van der Waals surface area contributed by atoms with E-state index in [-0.39, 0.29) is 0 Å². The molecule has 57 heavy (non-hydrogen) atoms. The van der Waals surface area contributed by atoms with E-state index in [0.29, 0.717) is 0 Å². The minimum absolute atomic E-state index is 1.15. The highest BCUT2D eigenvalue weighted by atomic mass is 15.0. The van der Waals surface area contributed by atoms with Gasteiger partial charge in [0.1, 0.15) is 0 Å². The van der Waals surface area contributed by atoms with Gasteiger partial charge in [0, 0.05) is 16.5 Å². The van der Waals surface area contributed by atoms with Crippen LogP contribution in [-0.2, 0) is 0 Å². The SMILES string of the molecule is c1ccc(-n2c3cc(-c4ccc(-c5cc6ccccc6c6ccccc56)cc4)c4ccccc4c3c3c4ccccc4c(-c4cccc5ccccc45)cc32)cc1. The quantitative estimate of drug-likeness (QED) is 0.160. The molecular formula is C56H35N. The lowest BCUT2D eigenvalue weighted by molar-refractivity contribution is 1.18. The summed E-state index contributed by atoms with van der Waals surface area (Å²) < 4.78 is 2.50. The van der Waals surface area contributed by atoms with Crippen LogP contribution in [0.2, 0.25) is 0 Å². The Bertz CT molecular complexity index is 3550. The summed E-state index contributed by atoms with van der Waals surface area (Å²) in [4.78, 5) is 0. The zero-order valence-corrected chi connectivity index (χ0v) is 31.2. The molecule has 11 aromatic carbocycles. The molecule has 12 rings (SSSR count). The molecule has 0 aliphatic rings. The van der Waals surface area contributed by atoms with Crippen molar-refractivity contribution in [3.05, 3.63) is 212 Å². The summed E-state index contributed by atoms with van der Waals surface area (Å²) in [5, 5.41) is 15.2. The van der Waals surface area contributed by atoms with Gasteiger partial charge in [0.2, 0.25) is 0 Å². The third kappa shape index (κ3) is 4.83. The fourth-order valence-electron chi connectivity index (χ4n) is 9.63. The van der Waals surface area contributed by atoms with E-state index >= 15 is 0 Å².